The Labute approximate surface area is 194 Å². The van der Waals surface area contributed by atoms with Crippen LogP contribution in [0.4, 0.5) is 0 Å². The van der Waals surface area contributed by atoms with Crippen LogP contribution >= 0.6 is 39.1 Å². The lowest BCUT2D eigenvalue weighted by Crippen LogP contribution is -2.50. The van der Waals surface area contributed by atoms with Gasteiger partial charge < -0.3 is 15.8 Å². The molecule has 3 N–H and O–H groups in total. The molecule has 1 amide bonds. The molecule has 0 aliphatic heterocycles. The van der Waals surface area contributed by atoms with Crippen LogP contribution in [0.1, 0.15) is 38.7 Å². The molecule has 0 bridgehead atoms. The van der Waals surface area contributed by atoms with E-state index in [1.54, 1.807) is 26.0 Å². The van der Waals surface area contributed by atoms with Crippen molar-refractivity contribution < 1.29 is 9.53 Å². The van der Waals surface area contributed by atoms with Gasteiger partial charge in [0.2, 0.25) is 5.91 Å². The van der Waals surface area contributed by atoms with E-state index in [-0.39, 0.29) is 13.3 Å². The number of nitrogens with zero attached hydrogens (tertiary/aromatic N) is 3. The van der Waals surface area contributed by atoms with Gasteiger partial charge in [0.05, 0.1) is 28.7 Å². The van der Waals surface area contributed by atoms with Crippen molar-refractivity contribution >= 4 is 50.7 Å². The summed E-state index contributed by atoms with van der Waals surface area (Å²) in [5.41, 5.74) is 6.37. The zero-order valence-electron chi connectivity index (χ0n) is 16.0. The predicted octanol–water partition coefficient (Wildman–Crippen LogP) is 4.58. The SMILES string of the molecule is C.COc1c(Cl)cc(C[C@@H](NC(=O)C(C)(C)N)c2nnc3ccc(Br)cn23)cc1Cl. The molecule has 2 heterocycles. The quantitative estimate of drug-likeness (QED) is 0.500. The summed E-state index contributed by atoms with van der Waals surface area (Å²) < 4.78 is 7.87. The molecule has 162 valence electrons. The topological polar surface area (TPSA) is 94.5 Å². The van der Waals surface area contributed by atoms with Crippen LogP contribution in [0, 0.1) is 0 Å². The number of halogens is 3. The van der Waals surface area contributed by atoms with Gasteiger partial charge >= 0.3 is 0 Å². The largest absolute Gasteiger partial charge is 0.494 e. The van der Waals surface area contributed by atoms with Gasteiger partial charge in [0.25, 0.3) is 0 Å². The molecule has 3 rings (SSSR count). The maximum absolute atomic E-state index is 12.6. The number of pyridine rings is 1. The third-order valence-corrected chi connectivity index (χ3v) is 5.33. The summed E-state index contributed by atoms with van der Waals surface area (Å²) in [7, 11) is 1.50. The highest BCUT2D eigenvalue weighted by molar-refractivity contribution is 9.10. The van der Waals surface area contributed by atoms with E-state index in [1.807, 2.05) is 22.7 Å². The molecule has 3 aromatic rings. The lowest BCUT2D eigenvalue weighted by atomic mass is 10.0. The fourth-order valence-electron chi connectivity index (χ4n) is 2.83. The van der Waals surface area contributed by atoms with Crippen LogP contribution < -0.4 is 15.8 Å². The highest BCUT2D eigenvalue weighted by Crippen LogP contribution is 2.35. The number of methoxy groups -OCH3 is 1. The lowest BCUT2D eigenvalue weighted by Gasteiger charge is -2.24. The summed E-state index contributed by atoms with van der Waals surface area (Å²) in [4.78, 5) is 12.6. The molecular formula is C20H24BrCl2N5O2. The van der Waals surface area contributed by atoms with Crippen molar-refractivity contribution in [3.63, 3.8) is 0 Å². The van der Waals surface area contributed by atoms with Gasteiger partial charge in [-0.25, -0.2) is 0 Å². The number of hydrogen-bond donors (Lipinski definition) is 2. The molecule has 1 aromatic carbocycles. The minimum absolute atomic E-state index is 0. The Balaban J connectivity index is 0.00000320. The third-order valence-electron chi connectivity index (χ3n) is 4.30. The van der Waals surface area contributed by atoms with Gasteiger partial charge in [0.15, 0.2) is 17.2 Å². The molecule has 0 aliphatic carbocycles. The van der Waals surface area contributed by atoms with E-state index in [4.69, 9.17) is 33.7 Å². The molecular weight excluding hydrogens is 493 g/mol. The molecule has 0 spiro atoms. The fourth-order valence-corrected chi connectivity index (χ4v) is 3.86. The Hall–Kier alpha value is -1.87. The van der Waals surface area contributed by atoms with Gasteiger partial charge in [0, 0.05) is 17.1 Å². The Morgan fingerprint density at radius 3 is 2.50 bits per heavy atom. The van der Waals surface area contributed by atoms with Crippen molar-refractivity contribution in [1.29, 1.82) is 0 Å². The molecule has 0 fully saturated rings. The first-order valence-electron chi connectivity index (χ1n) is 8.72. The standard InChI is InChI=1S/C19H20BrCl2N5O2.CH4/c1-19(2,23)18(28)24-14(8-10-6-12(21)16(29-3)13(22)7-10)17-26-25-15-5-4-11(20)9-27(15)17;/h4-7,9,14H,8,23H2,1-3H3,(H,24,28);1H4/t14-;/m1./s1. The summed E-state index contributed by atoms with van der Waals surface area (Å²) in [6.45, 7) is 3.28. The first-order chi connectivity index (χ1) is 13.6. The van der Waals surface area contributed by atoms with Gasteiger partial charge in [-0.05, 0) is 59.6 Å². The number of ether oxygens (including phenoxy) is 1. The van der Waals surface area contributed by atoms with Crippen LogP contribution in [-0.2, 0) is 11.2 Å². The van der Waals surface area contributed by atoms with Gasteiger partial charge in [-0.2, -0.15) is 0 Å². The molecule has 0 radical (unpaired) electrons. The number of nitrogens with two attached hydrogens (primary N) is 1. The average molecular weight is 517 g/mol. The van der Waals surface area contributed by atoms with E-state index in [2.05, 4.69) is 31.4 Å². The molecule has 2 aromatic heterocycles. The Morgan fingerprint density at radius 2 is 1.93 bits per heavy atom. The van der Waals surface area contributed by atoms with Crippen molar-refractivity contribution in [3.8, 4) is 5.75 Å². The van der Waals surface area contributed by atoms with Gasteiger partial charge in [-0.3, -0.25) is 9.20 Å². The minimum Gasteiger partial charge on any atom is -0.494 e. The third kappa shape index (κ3) is 5.24. The smallest absolute Gasteiger partial charge is 0.240 e. The number of hydrogen-bond acceptors (Lipinski definition) is 5. The van der Waals surface area contributed by atoms with Crippen molar-refractivity contribution in [2.24, 2.45) is 5.73 Å². The molecule has 1 atom stereocenters. The lowest BCUT2D eigenvalue weighted by molar-refractivity contribution is -0.126. The van der Waals surface area contributed by atoms with Crippen molar-refractivity contribution in [1.82, 2.24) is 19.9 Å². The fraction of sp³-hybridized carbons (Fsp3) is 0.350. The summed E-state index contributed by atoms with van der Waals surface area (Å²) in [5.74, 6) is 0.638. The van der Waals surface area contributed by atoms with E-state index in [0.717, 1.165) is 10.0 Å². The number of nitrogens with one attached hydrogen (secondary N) is 1. The van der Waals surface area contributed by atoms with Gasteiger partial charge in [0.1, 0.15) is 0 Å². The van der Waals surface area contributed by atoms with Crippen LogP contribution in [0.3, 0.4) is 0 Å². The van der Waals surface area contributed by atoms with E-state index < -0.39 is 11.6 Å². The molecule has 0 unspecified atom stereocenters. The molecule has 0 saturated carbocycles. The van der Waals surface area contributed by atoms with Crippen molar-refractivity contribution in [2.75, 3.05) is 7.11 Å². The van der Waals surface area contributed by atoms with Crippen LogP contribution in [0.5, 0.6) is 5.75 Å². The first-order valence-corrected chi connectivity index (χ1v) is 10.3. The van der Waals surface area contributed by atoms with E-state index >= 15 is 0 Å². The molecule has 7 nitrogen and oxygen atoms in total. The molecule has 30 heavy (non-hydrogen) atoms. The number of aromatic nitrogens is 3. The van der Waals surface area contributed by atoms with Gasteiger partial charge in [-0.15, -0.1) is 10.2 Å². The number of fused-ring (bicyclic) bond motifs is 1. The van der Waals surface area contributed by atoms with Crippen molar-refractivity contribution in [3.05, 3.63) is 56.4 Å². The summed E-state index contributed by atoms with van der Waals surface area (Å²) in [6, 6.07) is 6.67. The highest BCUT2D eigenvalue weighted by Gasteiger charge is 2.28. The summed E-state index contributed by atoms with van der Waals surface area (Å²) in [5, 5.41) is 12.2. The van der Waals surface area contributed by atoms with Crippen LogP contribution in [0.25, 0.3) is 5.65 Å². The molecule has 10 heteroatoms. The van der Waals surface area contributed by atoms with Crippen LogP contribution in [0.15, 0.2) is 34.9 Å². The molecule has 0 aliphatic rings. The monoisotopic (exact) mass is 515 g/mol. The zero-order chi connectivity index (χ0) is 21.3. The Bertz CT molecular complexity index is 1040. The van der Waals surface area contributed by atoms with Crippen molar-refractivity contribution in [2.45, 2.75) is 39.3 Å². The Morgan fingerprint density at radius 1 is 1.30 bits per heavy atom. The average Bonchev–Trinajstić information content (AvgIpc) is 3.03. The first kappa shape index (κ1) is 24.4. The maximum Gasteiger partial charge on any atom is 0.240 e. The van der Waals surface area contributed by atoms with Crippen LogP contribution in [-0.4, -0.2) is 33.2 Å². The second-order valence-electron chi connectivity index (χ2n) is 7.18. The molecule has 0 saturated heterocycles. The normalized spacial score (nSPS) is 12.4. The highest BCUT2D eigenvalue weighted by atomic mass is 79.9. The minimum atomic E-state index is -1.06. The second-order valence-corrected chi connectivity index (χ2v) is 8.91. The number of carbonyl (C=O) groups is 1. The second kappa shape index (κ2) is 9.51. The van der Waals surface area contributed by atoms with Gasteiger partial charge in [-0.1, -0.05) is 30.6 Å². The summed E-state index contributed by atoms with van der Waals surface area (Å²) in [6.07, 6.45) is 2.21. The summed E-state index contributed by atoms with van der Waals surface area (Å²) >= 11 is 16.0. The van der Waals surface area contributed by atoms with E-state index in [1.165, 1.54) is 7.11 Å². The number of amides is 1. The van der Waals surface area contributed by atoms with Crippen LogP contribution in [0.2, 0.25) is 10.0 Å². The maximum atomic E-state index is 12.6. The Kier molecular flexibility index (Phi) is 7.74. The predicted molar refractivity (Wildman–Crippen MR) is 123 cm³/mol. The number of carbonyl (C=O) groups excluding carboxylic acids is 1. The zero-order valence-corrected chi connectivity index (χ0v) is 19.1. The number of benzene rings is 1. The van der Waals surface area contributed by atoms with E-state index in [9.17, 15) is 4.79 Å². The van der Waals surface area contributed by atoms with E-state index in [0.29, 0.717) is 33.7 Å². The number of rotatable bonds is 6.